The van der Waals surface area contributed by atoms with E-state index in [0.29, 0.717) is 13.0 Å². The molecule has 5 nitrogen and oxygen atoms in total. The molecule has 1 fully saturated rings. The molecule has 1 unspecified atom stereocenters. The fourth-order valence-corrected chi connectivity index (χ4v) is 3.15. The lowest BCUT2D eigenvalue weighted by Gasteiger charge is -2.24. The zero-order valence-electron chi connectivity index (χ0n) is 11.8. The van der Waals surface area contributed by atoms with Gasteiger partial charge in [-0.2, -0.15) is 18.3 Å². The summed E-state index contributed by atoms with van der Waals surface area (Å²) in [5.41, 5.74) is -1.43. The first-order valence-electron chi connectivity index (χ1n) is 7.05. The molecule has 1 aliphatic heterocycles. The highest BCUT2D eigenvalue weighted by Crippen LogP contribution is 2.37. The average molecular weight is 349 g/mol. The van der Waals surface area contributed by atoms with Gasteiger partial charge in [0.1, 0.15) is 0 Å². The summed E-state index contributed by atoms with van der Waals surface area (Å²) in [6.07, 6.45) is -1.55. The van der Waals surface area contributed by atoms with Crippen LogP contribution in [0, 0.1) is 0 Å². The van der Waals surface area contributed by atoms with Crippen LogP contribution in [0.2, 0.25) is 5.02 Å². The van der Waals surface area contributed by atoms with E-state index in [4.69, 9.17) is 16.3 Å². The molecule has 0 aliphatic carbocycles. The molecular weight excluding hydrogens is 335 g/mol. The molecule has 0 spiro atoms. The Kier molecular flexibility index (Phi) is 4.30. The Labute approximate surface area is 134 Å². The van der Waals surface area contributed by atoms with Crippen LogP contribution < -0.4 is 5.46 Å². The topological polar surface area (TPSA) is 67.5 Å². The fourth-order valence-electron chi connectivity index (χ4n) is 2.79. The van der Waals surface area contributed by atoms with Gasteiger partial charge in [-0.05, 0) is 25.3 Å². The predicted molar refractivity (Wildman–Crippen MR) is 78.4 cm³/mol. The van der Waals surface area contributed by atoms with Crippen LogP contribution >= 0.6 is 11.6 Å². The van der Waals surface area contributed by atoms with Crippen molar-refractivity contribution in [1.29, 1.82) is 0 Å². The maximum Gasteiger partial charge on any atom is 0.490 e. The number of hydrogen-bond donors (Lipinski definition) is 2. The molecule has 124 valence electrons. The lowest BCUT2D eigenvalue weighted by atomic mass is 9.77. The van der Waals surface area contributed by atoms with Gasteiger partial charge in [0, 0.05) is 17.5 Å². The predicted octanol–water partition coefficient (Wildman–Crippen LogP) is 2.09. The summed E-state index contributed by atoms with van der Waals surface area (Å²) in [6.45, 7) is 0.501. The number of hydrogen-bond acceptors (Lipinski definition) is 4. The Morgan fingerprint density at radius 3 is 2.65 bits per heavy atom. The van der Waals surface area contributed by atoms with Crippen molar-refractivity contribution in [3.63, 3.8) is 0 Å². The number of nitrogens with zero attached hydrogens (tertiary/aromatic N) is 2. The fraction of sp³-hybridized carbons (Fsp3) is 0.462. The van der Waals surface area contributed by atoms with Gasteiger partial charge < -0.3 is 14.8 Å². The van der Waals surface area contributed by atoms with Gasteiger partial charge in [-0.1, -0.05) is 11.6 Å². The maximum absolute atomic E-state index is 13.2. The molecular formula is C13H13BClF3N2O3. The summed E-state index contributed by atoms with van der Waals surface area (Å²) in [4.78, 5) is 0. The van der Waals surface area contributed by atoms with Crippen molar-refractivity contribution in [2.24, 2.45) is 0 Å². The highest BCUT2D eigenvalue weighted by Gasteiger charge is 2.37. The normalized spacial score (nSPS) is 19.3. The van der Waals surface area contributed by atoms with E-state index >= 15 is 0 Å². The Bertz CT molecular complexity index is 729. The number of benzene rings is 1. The summed E-state index contributed by atoms with van der Waals surface area (Å²) in [7, 11) is -2.14. The number of ether oxygens (including phenoxy) is 1. The second-order valence-electron chi connectivity index (χ2n) is 5.37. The first-order chi connectivity index (χ1) is 10.8. The third-order valence-electron chi connectivity index (χ3n) is 3.87. The zero-order chi connectivity index (χ0) is 16.8. The lowest BCUT2D eigenvalue weighted by molar-refractivity contribution is -0.137. The molecule has 0 bridgehead atoms. The molecule has 1 saturated heterocycles. The van der Waals surface area contributed by atoms with Crippen molar-refractivity contribution in [3.05, 3.63) is 22.8 Å². The Morgan fingerprint density at radius 2 is 2.09 bits per heavy atom. The molecule has 2 N–H and O–H groups in total. The number of fused-ring (bicyclic) bond motifs is 1. The van der Waals surface area contributed by atoms with Crippen LogP contribution in [0.4, 0.5) is 13.2 Å². The molecule has 2 heterocycles. The summed E-state index contributed by atoms with van der Waals surface area (Å²) < 4.78 is 46.5. The second-order valence-corrected chi connectivity index (χ2v) is 5.74. The third-order valence-corrected chi connectivity index (χ3v) is 4.28. The van der Waals surface area contributed by atoms with Crippen LogP contribution in [0.3, 0.4) is 0 Å². The molecule has 10 heteroatoms. The van der Waals surface area contributed by atoms with Crippen LogP contribution in [-0.2, 0) is 10.9 Å². The Balaban J connectivity index is 2.24. The molecule has 1 aromatic heterocycles. The van der Waals surface area contributed by atoms with Gasteiger partial charge in [0.2, 0.25) is 0 Å². The minimum absolute atomic E-state index is 0.108. The van der Waals surface area contributed by atoms with Crippen molar-refractivity contribution in [2.75, 3.05) is 6.61 Å². The van der Waals surface area contributed by atoms with Crippen LogP contribution in [-0.4, -0.2) is 33.6 Å². The second kappa shape index (κ2) is 5.97. The SMILES string of the molecule is OB(O)c1c(Cl)c(C(F)(F)F)cc2c1cnn2C1CCCCO1. The van der Waals surface area contributed by atoms with E-state index in [1.807, 2.05) is 0 Å². The molecule has 0 radical (unpaired) electrons. The summed E-state index contributed by atoms with van der Waals surface area (Å²) >= 11 is 5.75. The average Bonchev–Trinajstić information content (AvgIpc) is 2.89. The van der Waals surface area contributed by atoms with Gasteiger partial charge in [0.15, 0.2) is 6.23 Å². The van der Waals surface area contributed by atoms with E-state index in [1.54, 1.807) is 0 Å². The van der Waals surface area contributed by atoms with E-state index in [1.165, 1.54) is 10.9 Å². The van der Waals surface area contributed by atoms with E-state index in [9.17, 15) is 23.2 Å². The molecule has 23 heavy (non-hydrogen) atoms. The van der Waals surface area contributed by atoms with Crippen molar-refractivity contribution in [1.82, 2.24) is 9.78 Å². The minimum atomic E-state index is -4.72. The van der Waals surface area contributed by atoms with Crippen LogP contribution in [0.1, 0.15) is 31.1 Å². The molecule has 1 aliphatic rings. The number of aromatic nitrogens is 2. The number of rotatable bonds is 2. The summed E-state index contributed by atoms with van der Waals surface area (Å²) in [5.74, 6) is 0. The summed E-state index contributed by atoms with van der Waals surface area (Å²) in [5, 5.41) is 22.4. The first kappa shape index (κ1) is 16.6. The van der Waals surface area contributed by atoms with Gasteiger partial charge >= 0.3 is 13.3 Å². The quantitative estimate of drug-likeness (QED) is 0.816. The molecule has 0 saturated carbocycles. The van der Waals surface area contributed by atoms with Crippen molar-refractivity contribution < 1.29 is 28.0 Å². The standard InChI is InChI=1S/C13H13BClF3N2O3/c15-12-8(13(16,17)18)5-9-7(11(12)14(21)22)6-19-20(9)10-3-1-2-4-23-10/h5-6,10,21-22H,1-4H2. The van der Waals surface area contributed by atoms with E-state index < -0.39 is 35.6 Å². The lowest BCUT2D eigenvalue weighted by Crippen LogP contribution is -2.33. The zero-order valence-corrected chi connectivity index (χ0v) is 12.6. The monoisotopic (exact) mass is 348 g/mol. The maximum atomic E-state index is 13.2. The van der Waals surface area contributed by atoms with Crippen molar-refractivity contribution >= 4 is 35.1 Å². The highest BCUT2D eigenvalue weighted by molar-refractivity contribution is 6.66. The van der Waals surface area contributed by atoms with E-state index in [0.717, 1.165) is 18.9 Å². The van der Waals surface area contributed by atoms with Gasteiger partial charge in [0.25, 0.3) is 0 Å². The molecule has 1 aromatic carbocycles. The van der Waals surface area contributed by atoms with Crippen LogP contribution in [0.25, 0.3) is 10.9 Å². The van der Waals surface area contributed by atoms with E-state index in [2.05, 4.69) is 5.10 Å². The van der Waals surface area contributed by atoms with Gasteiger partial charge in [-0.15, -0.1) is 0 Å². The molecule has 0 amide bonds. The largest absolute Gasteiger partial charge is 0.490 e. The Hall–Kier alpha value is -1.29. The first-order valence-corrected chi connectivity index (χ1v) is 7.43. The third kappa shape index (κ3) is 2.94. The number of halogens is 4. The van der Waals surface area contributed by atoms with Gasteiger partial charge in [-0.25, -0.2) is 4.68 Å². The highest BCUT2D eigenvalue weighted by atomic mass is 35.5. The molecule has 1 atom stereocenters. The van der Waals surface area contributed by atoms with Crippen LogP contribution in [0.15, 0.2) is 12.3 Å². The van der Waals surface area contributed by atoms with Crippen molar-refractivity contribution in [2.45, 2.75) is 31.7 Å². The smallest absolute Gasteiger partial charge is 0.423 e. The molecule has 2 aromatic rings. The van der Waals surface area contributed by atoms with Gasteiger partial charge in [0.05, 0.1) is 22.3 Å². The van der Waals surface area contributed by atoms with Gasteiger partial charge in [-0.3, -0.25) is 0 Å². The van der Waals surface area contributed by atoms with Crippen LogP contribution in [0.5, 0.6) is 0 Å². The summed E-state index contributed by atoms with van der Waals surface area (Å²) in [6, 6.07) is 0.870. The minimum Gasteiger partial charge on any atom is -0.423 e. The molecule has 3 rings (SSSR count). The van der Waals surface area contributed by atoms with Crippen molar-refractivity contribution in [3.8, 4) is 0 Å². The number of alkyl halides is 3. The van der Waals surface area contributed by atoms with E-state index in [-0.39, 0.29) is 10.9 Å². The Morgan fingerprint density at radius 1 is 1.35 bits per heavy atom.